The predicted octanol–water partition coefficient (Wildman–Crippen LogP) is 16.3. The number of primary amides is 2. The van der Waals surface area contributed by atoms with Gasteiger partial charge in [0, 0.05) is 24.3 Å². The number of hydrogen-bond acceptors (Lipinski definition) is 22. The number of hydrogen-bond donors (Lipinski definition) is 2. The summed E-state index contributed by atoms with van der Waals surface area (Å²) >= 11 is 0. The molecule has 0 saturated heterocycles. The maximum atomic E-state index is 14.1. The van der Waals surface area contributed by atoms with Crippen molar-refractivity contribution in [3.8, 4) is 46.0 Å². The molecule has 0 atom stereocenters. The number of benzene rings is 6. The standard InChI is InChI=1S/C88H104N2O22/c1-5-77(91)105-55-29-19-9-15-25-51-101-69-43-35-63(36-44-69)85(97)109-73-59-67(81(75(61-73)83(89)95)111-87(99)65-39-47-71(48-40-65)103-53-27-17-11-21-31-57-107-79(93)7-3)33-23-13-14-24-34-68-60-74(110-86(98)64-37-45-70(46-38-64)102-52-26-16-10-20-30-56-106-78(92)6-2)62-76(84(90)96)82(68)112-88(100)66-41-49-72(50-42-66)104-54-28-18-12-22-32-58-108-80(94)8-4/h5-8,35-50,59-62H,1-4,9-34,51-58H2,(H2,89,95)(H2,90,96). The van der Waals surface area contributed by atoms with E-state index in [0.717, 1.165) is 153 Å². The second kappa shape index (κ2) is 51.6. The van der Waals surface area contributed by atoms with Gasteiger partial charge in [-0.1, -0.05) is 116 Å². The smallest absolute Gasteiger partial charge is 0.343 e. The van der Waals surface area contributed by atoms with Crippen LogP contribution in [0.15, 0.2) is 172 Å². The highest BCUT2D eigenvalue weighted by Gasteiger charge is 2.25. The third-order valence-corrected chi connectivity index (χ3v) is 17.5. The molecule has 24 nitrogen and oxygen atoms in total. The van der Waals surface area contributed by atoms with Crippen molar-refractivity contribution in [2.75, 3.05) is 52.9 Å². The number of amides is 2. The van der Waals surface area contributed by atoms with Gasteiger partial charge < -0.3 is 68.3 Å². The molecular weight excluding hydrogens is 1440 g/mol. The first kappa shape index (κ1) is 89.1. The van der Waals surface area contributed by atoms with Crippen LogP contribution in [0.1, 0.15) is 227 Å². The minimum atomic E-state index is -0.970. The first-order chi connectivity index (χ1) is 54.4. The lowest BCUT2D eigenvalue weighted by molar-refractivity contribution is -0.138. The summed E-state index contributed by atoms with van der Waals surface area (Å²) in [7, 11) is 0. The molecule has 6 rings (SSSR count). The molecule has 0 spiro atoms. The minimum Gasteiger partial charge on any atom is -0.494 e. The Balaban J connectivity index is 1.16. The van der Waals surface area contributed by atoms with Crippen LogP contribution in [-0.2, 0) is 51.0 Å². The van der Waals surface area contributed by atoms with Crippen LogP contribution in [-0.4, -0.2) is 112 Å². The lowest BCUT2D eigenvalue weighted by Gasteiger charge is -2.17. The Morgan fingerprint density at radius 3 is 0.705 bits per heavy atom. The lowest BCUT2D eigenvalue weighted by Crippen LogP contribution is -2.18. The third-order valence-electron chi connectivity index (χ3n) is 17.5. The quantitative estimate of drug-likeness (QED) is 0.0118. The highest BCUT2D eigenvalue weighted by molar-refractivity contribution is 6.01. The van der Waals surface area contributed by atoms with Crippen molar-refractivity contribution in [3.63, 3.8) is 0 Å². The second-order valence-corrected chi connectivity index (χ2v) is 26.2. The van der Waals surface area contributed by atoms with Gasteiger partial charge in [0.05, 0.1) is 86.2 Å². The summed E-state index contributed by atoms with van der Waals surface area (Å²) in [6, 6.07) is 30.9. The maximum Gasteiger partial charge on any atom is 0.343 e. The molecule has 112 heavy (non-hydrogen) atoms. The van der Waals surface area contributed by atoms with Gasteiger partial charge in [-0.2, -0.15) is 0 Å². The van der Waals surface area contributed by atoms with Gasteiger partial charge in [0.25, 0.3) is 11.8 Å². The van der Waals surface area contributed by atoms with Gasteiger partial charge in [-0.05, 0) is 210 Å². The molecule has 0 fully saturated rings. The van der Waals surface area contributed by atoms with E-state index >= 15 is 0 Å². The molecule has 0 radical (unpaired) electrons. The summed E-state index contributed by atoms with van der Waals surface area (Å²) in [5.41, 5.74) is 12.9. The van der Waals surface area contributed by atoms with Crippen molar-refractivity contribution < 1.29 is 105 Å². The van der Waals surface area contributed by atoms with Gasteiger partial charge in [-0.15, -0.1) is 0 Å². The van der Waals surface area contributed by atoms with Gasteiger partial charge in [0.15, 0.2) is 0 Å². The number of ether oxygens (including phenoxy) is 12. The number of aryl methyl sites for hydroxylation is 2. The normalized spacial score (nSPS) is 10.7. The van der Waals surface area contributed by atoms with Crippen LogP contribution in [0, 0.1) is 0 Å². The molecule has 4 N–H and O–H groups in total. The van der Waals surface area contributed by atoms with E-state index in [1.807, 2.05) is 0 Å². The Kier molecular flexibility index (Phi) is 41.0. The van der Waals surface area contributed by atoms with Crippen molar-refractivity contribution in [2.45, 2.75) is 167 Å². The molecular formula is C88H104N2O22. The van der Waals surface area contributed by atoms with Crippen LogP contribution < -0.4 is 49.4 Å². The summed E-state index contributed by atoms with van der Waals surface area (Å²) in [4.78, 5) is 128. The van der Waals surface area contributed by atoms with Crippen molar-refractivity contribution in [1.29, 1.82) is 0 Å². The highest BCUT2D eigenvalue weighted by atomic mass is 16.6. The number of rotatable bonds is 57. The van der Waals surface area contributed by atoms with E-state index in [2.05, 4.69) is 26.3 Å². The Morgan fingerprint density at radius 1 is 0.259 bits per heavy atom. The Hall–Kier alpha value is -11.8. The van der Waals surface area contributed by atoms with E-state index in [0.29, 0.717) is 113 Å². The van der Waals surface area contributed by atoms with Crippen molar-refractivity contribution >= 4 is 59.6 Å². The molecule has 6 aromatic carbocycles. The number of carbonyl (C=O) groups is 10. The molecule has 0 aliphatic heterocycles. The van der Waals surface area contributed by atoms with E-state index in [1.165, 1.54) is 48.5 Å². The first-order valence-corrected chi connectivity index (χ1v) is 38.3. The summed E-state index contributed by atoms with van der Waals surface area (Å²) in [5.74, 6) is -5.13. The van der Waals surface area contributed by atoms with Crippen LogP contribution in [0.2, 0.25) is 0 Å². The topological polar surface area (TPSA) is 333 Å². The second-order valence-electron chi connectivity index (χ2n) is 26.2. The molecule has 24 heteroatoms. The zero-order chi connectivity index (χ0) is 80.5. The van der Waals surface area contributed by atoms with E-state index in [9.17, 15) is 47.9 Å². The molecule has 6 aromatic rings. The van der Waals surface area contributed by atoms with Crippen LogP contribution in [0.3, 0.4) is 0 Å². The number of unbranched alkanes of at least 4 members (excludes halogenated alkanes) is 19. The monoisotopic (exact) mass is 1540 g/mol. The number of carbonyl (C=O) groups excluding carboxylic acids is 10. The van der Waals surface area contributed by atoms with Gasteiger partial charge >= 0.3 is 47.8 Å². The number of esters is 8. The summed E-state index contributed by atoms with van der Waals surface area (Å²) in [6.45, 7) is 16.7. The van der Waals surface area contributed by atoms with E-state index in [4.69, 9.17) is 68.3 Å². The average Bonchev–Trinajstić information content (AvgIpc) is 0.805. The van der Waals surface area contributed by atoms with Crippen molar-refractivity contribution in [1.82, 2.24) is 0 Å². The van der Waals surface area contributed by atoms with Crippen LogP contribution in [0.5, 0.6) is 46.0 Å². The SMILES string of the molecule is C=CC(=O)OCCCCCCCOc1ccc(C(=O)Oc2cc(CCCCCCc3cc(OC(=O)c4ccc(OCCCCCCCOC(=O)C=C)cc4)cc(C(N)=O)c3OC(=O)c3ccc(OCCCCCCCOC(=O)C=C)cc3)c(OC(=O)c3ccc(OCCCCCCCOC(=O)C=C)cc3)c(C(N)=O)c2)cc1. The van der Waals surface area contributed by atoms with Gasteiger partial charge in [0.2, 0.25) is 0 Å². The summed E-state index contributed by atoms with van der Waals surface area (Å²) in [5, 5.41) is 0. The zero-order valence-corrected chi connectivity index (χ0v) is 63.9. The molecule has 0 aliphatic rings. The van der Waals surface area contributed by atoms with E-state index < -0.39 is 59.6 Å². The average molecular weight is 1540 g/mol. The zero-order valence-electron chi connectivity index (χ0n) is 63.9. The predicted molar refractivity (Wildman–Crippen MR) is 420 cm³/mol. The summed E-state index contributed by atoms with van der Waals surface area (Å²) < 4.78 is 67.7. The fourth-order valence-electron chi connectivity index (χ4n) is 11.4. The number of nitrogens with two attached hydrogens (primary N) is 2. The van der Waals surface area contributed by atoms with E-state index in [1.54, 1.807) is 72.8 Å². The highest BCUT2D eigenvalue weighted by Crippen LogP contribution is 2.36. The van der Waals surface area contributed by atoms with E-state index in [-0.39, 0.29) is 69.2 Å². The molecule has 0 aliphatic carbocycles. The largest absolute Gasteiger partial charge is 0.494 e. The van der Waals surface area contributed by atoms with Gasteiger partial charge in [-0.25, -0.2) is 38.4 Å². The molecule has 0 heterocycles. The van der Waals surface area contributed by atoms with Gasteiger partial charge in [-0.3, -0.25) is 9.59 Å². The molecule has 0 aromatic heterocycles. The van der Waals surface area contributed by atoms with Crippen LogP contribution >= 0.6 is 0 Å². The van der Waals surface area contributed by atoms with Crippen molar-refractivity contribution in [3.05, 3.63) is 216 Å². The molecule has 0 saturated carbocycles. The molecule has 0 bridgehead atoms. The van der Waals surface area contributed by atoms with Crippen LogP contribution in [0.4, 0.5) is 0 Å². The molecule has 0 unspecified atom stereocenters. The minimum absolute atomic E-state index is 0.0502. The van der Waals surface area contributed by atoms with Gasteiger partial charge in [0.1, 0.15) is 46.0 Å². The molecule has 598 valence electrons. The fraction of sp³-hybridized carbons (Fsp3) is 0.386. The maximum absolute atomic E-state index is 14.1. The third kappa shape index (κ3) is 34.0. The lowest BCUT2D eigenvalue weighted by atomic mass is 9.98. The van der Waals surface area contributed by atoms with Crippen molar-refractivity contribution in [2.24, 2.45) is 11.5 Å². The Bertz CT molecular complexity index is 3790. The van der Waals surface area contributed by atoms with Crippen LogP contribution in [0.25, 0.3) is 0 Å². The Labute approximate surface area is 655 Å². The fourth-order valence-corrected chi connectivity index (χ4v) is 11.4. The summed E-state index contributed by atoms with van der Waals surface area (Å²) in [6.07, 6.45) is 23.7. The molecule has 2 amide bonds. The Morgan fingerprint density at radius 2 is 0.473 bits per heavy atom. The first-order valence-electron chi connectivity index (χ1n) is 38.3.